The summed E-state index contributed by atoms with van der Waals surface area (Å²) in [4.78, 5) is 24.6. The predicted molar refractivity (Wildman–Crippen MR) is 105 cm³/mol. The molecule has 27 heavy (non-hydrogen) atoms. The summed E-state index contributed by atoms with van der Waals surface area (Å²) >= 11 is 0. The number of benzene rings is 2. The Morgan fingerprint density at radius 1 is 1.07 bits per heavy atom. The van der Waals surface area contributed by atoms with Crippen LogP contribution in [-0.4, -0.2) is 35.7 Å². The summed E-state index contributed by atoms with van der Waals surface area (Å²) in [5.74, 6) is 0.257. The SMILES string of the molecule is CCOc1ccccc1NC(=O)CCC(=O)N1CCC(c2ccccc2)=N1. The maximum Gasteiger partial charge on any atom is 0.243 e. The van der Waals surface area contributed by atoms with Crippen molar-refractivity contribution < 1.29 is 14.3 Å². The third-order valence-electron chi connectivity index (χ3n) is 4.22. The minimum absolute atomic E-state index is 0.103. The monoisotopic (exact) mass is 365 g/mol. The van der Waals surface area contributed by atoms with Gasteiger partial charge in [0.1, 0.15) is 5.75 Å². The summed E-state index contributed by atoms with van der Waals surface area (Å²) in [5, 5.41) is 8.67. The highest BCUT2D eigenvalue weighted by molar-refractivity contribution is 6.02. The van der Waals surface area contributed by atoms with Crippen molar-refractivity contribution in [1.29, 1.82) is 0 Å². The van der Waals surface area contributed by atoms with E-state index >= 15 is 0 Å². The maximum atomic E-state index is 12.4. The lowest BCUT2D eigenvalue weighted by molar-refractivity contribution is -0.132. The van der Waals surface area contributed by atoms with Crippen LogP contribution in [0.3, 0.4) is 0 Å². The zero-order valence-electron chi connectivity index (χ0n) is 15.4. The fourth-order valence-electron chi connectivity index (χ4n) is 2.88. The molecule has 140 valence electrons. The van der Waals surface area contributed by atoms with Crippen molar-refractivity contribution >= 4 is 23.2 Å². The number of carbonyl (C=O) groups excluding carboxylic acids is 2. The van der Waals surface area contributed by atoms with E-state index in [2.05, 4.69) is 10.4 Å². The van der Waals surface area contributed by atoms with Crippen LogP contribution in [-0.2, 0) is 9.59 Å². The summed E-state index contributed by atoms with van der Waals surface area (Å²) in [6.07, 6.45) is 0.948. The van der Waals surface area contributed by atoms with E-state index in [9.17, 15) is 9.59 Å². The number of hydrogen-bond donors (Lipinski definition) is 1. The van der Waals surface area contributed by atoms with Gasteiger partial charge in [0.25, 0.3) is 0 Å². The van der Waals surface area contributed by atoms with Crippen molar-refractivity contribution in [2.45, 2.75) is 26.2 Å². The Labute approximate surface area is 158 Å². The molecule has 1 heterocycles. The fraction of sp³-hybridized carbons (Fsp3) is 0.286. The molecule has 6 heteroatoms. The molecule has 6 nitrogen and oxygen atoms in total. The first-order valence-corrected chi connectivity index (χ1v) is 9.12. The van der Waals surface area contributed by atoms with Gasteiger partial charge in [0.2, 0.25) is 11.8 Å². The highest BCUT2D eigenvalue weighted by Gasteiger charge is 2.22. The Morgan fingerprint density at radius 2 is 1.81 bits per heavy atom. The molecular weight excluding hydrogens is 342 g/mol. The molecule has 0 bridgehead atoms. The summed E-state index contributed by atoms with van der Waals surface area (Å²) in [7, 11) is 0. The average molecular weight is 365 g/mol. The number of amides is 2. The Morgan fingerprint density at radius 3 is 2.59 bits per heavy atom. The normalized spacial score (nSPS) is 13.2. The molecule has 0 saturated heterocycles. The Balaban J connectivity index is 1.52. The number of rotatable bonds is 7. The minimum atomic E-state index is -0.220. The molecule has 1 aliphatic heterocycles. The van der Waals surface area contributed by atoms with Gasteiger partial charge in [-0.3, -0.25) is 9.59 Å². The average Bonchev–Trinajstić information content (AvgIpc) is 3.19. The third-order valence-corrected chi connectivity index (χ3v) is 4.22. The number of nitrogens with zero attached hydrogens (tertiary/aromatic N) is 2. The van der Waals surface area contributed by atoms with E-state index in [0.29, 0.717) is 24.6 Å². The molecular formula is C21H23N3O3. The van der Waals surface area contributed by atoms with Crippen LogP contribution < -0.4 is 10.1 Å². The maximum absolute atomic E-state index is 12.4. The van der Waals surface area contributed by atoms with Gasteiger partial charge < -0.3 is 10.1 Å². The van der Waals surface area contributed by atoms with E-state index in [1.807, 2.05) is 49.4 Å². The van der Waals surface area contributed by atoms with Gasteiger partial charge >= 0.3 is 0 Å². The lowest BCUT2D eigenvalue weighted by Crippen LogP contribution is -2.25. The van der Waals surface area contributed by atoms with Crippen molar-refractivity contribution in [3.63, 3.8) is 0 Å². The number of anilines is 1. The van der Waals surface area contributed by atoms with Crippen LogP contribution in [0, 0.1) is 0 Å². The van der Waals surface area contributed by atoms with Crippen molar-refractivity contribution in [3.8, 4) is 5.75 Å². The first kappa shape index (κ1) is 18.6. The predicted octanol–water partition coefficient (Wildman–Crippen LogP) is 3.44. The molecule has 0 unspecified atom stereocenters. The minimum Gasteiger partial charge on any atom is -0.492 e. The summed E-state index contributed by atoms with van der Waals surface area (Å²) in [5.41, 5.74) is 2.54. The smallest absolute Gasteiger partial charge is 0.243 e. The van der Waals surface area contributed by atoms with Gasteiger partial charge in [-0.25, -0.2) is 5.01 Å². The zero-order chi connectivity index (χ0) is 19.1. The topological polar surface area (TPSA) is 71.0 Å². The van der Waals surface area contributed by atoms with E-state index in [4.69, 9.17) is 4.74 Å². The van der Waals surface area contributed by atoms with Crippen LogP contribution in [0.15, 0.2) is 59.7 Å². The molecule has 1 aliphatic rings. The highest BCUT2D eigenvalue weighted by atomic mass is 16.5. The van der Waals surface area contributed by atoms with Crippen LogP contribution in [0.25, 0.3) is 0 Å². The quantitative estimate of drug-likeness (QED) is 0.817. The second kappa shape index (κ2) is 8.98. The van der Waals surface area contributed by atoms with E-state index in [-0.39, 0.29) is 24.7 Å². The molecule has 2 aromatic carbocycles. The van der Waals surface area contributed by atoms with Gasteiger partial charge in [-0.15, -0.1) is 0 Å². The van der Waals surface area contributed by atoms with Crippen molar-refractivity contribution in [2.24, 2.45) is 5.10 Å². The second-order valence-electron chi connectivity index (χ2n) is 6.16. The molecule has 0 saturated carbocycles. The van der Waals surface area contributed by atoms with Crippen LogP contribution >= 0.6 is 0 Å². The Kier molecular flexibility index (Phi) is 6.20. The van der Waals surface area contributed by atoms with Crippen LogP contribution in [0.2, 0.25) is 0 Å². The van der Waals surface area contributed by atoms with Gasteiger partial charge in [-0.2, -0.15) is 5.10 Å². The molecule has 0 fully saturated rings. The zero-order valence-corrected chi connectivity index (χ0v) is 15.4. The highest BCUT2D eigenvalue weighted by Crippen LogP contribution is 2.24. The van der Waals surface area contributed by atoms with Crippen molar-refractivity contribution in [2.75, 3.05) is 18.5 Å². The van der Waals surface area contributed by atoms with E-state index in [0.717, 1.165) is 17.7 Å². The number of nitrogens with one attached hydrogen (secondary N) is 1. The molecule has 0 atom stereocenters. The number of carbonyl (C=O) groups is 2. The van der Waals surface area contributed by atoms with Gasteiger partial charge in [0.05, 0.1) is 24.6 Å². The lowest BCUT2D eigenvalue weighted by Gasteiger charge is -2.13. The van der Waals surface area contributed by atoms with Crippen LogP contribution in [0.1, 0.15) is 31.7 Å². The Bertz CT molecular complexity index is 834. The third kappa shape index (κ3) is 4.94. The molecule has 2 amide bonds. The number of hydrazone groups is 1. The molecule has 0 spiro atoms. The first-order chi connectivity index (χ1) is 13.2. The molecule has 0 aromatic heterocycles. The van der Waals surface area contributed by atoms with Gasteiger partial charge in [0, 0.05) is 19.3 Å². The molecule has 2 aromatic rings. The van der Waals surface area contributed by atoms with Gasteiger partial charge in [0.15, 0.2) is 0 Å². The second-order valence-corrected chi connectivity index (χ2v) is 6.16. The number of ether oxygens (including phenoxy) is 1. The van der Waals surface area contributed by atoms with E-state index < -0.39 is 0 Å². The summed E-state index contributed by atoms with van der Waals surface area (Å²) in [6.45, 7) is 2.96. The van der Waals surface area contributed by atoms with E-state index in [1.54, 1.807) is 12.1 Å². The molecule has 0 aliphatic carbocycles. The van der Waals surface area contributed by atoms with Gasteiger partial charge in [-0.1, -0.05) is 42.5 Å². The fourth-order valence-corrected chi connectivity index (χ4v) is 2.88. The molecule has 3 rings (SSSR count). The number of hydrogen-bond acceptors (Lipinski definition) is 4. The van der Waals surface area contributed by atoms with Crippen molar-refractivity contribution in [3.05, 3.63) is 60.2 Å². The molecule has 1 N–H and O–H groups in total. The van der Waals surface area contributed by atoms with Crippen LogP contribution in [0.5, 0.6) is 5.75 Å². The number of para-hydroxylation sites is 2. The van der Waals surface area contributed by atoms with Crippen LogP contribution in [0.4, 0.5) is 5.69 Å². The standard InChI is InChI=1S/C21H23N3O3/c1-2-27-19-11-7-6-10-18(19)22-20(25)12-13-21(26)24-15-14-17(23-24)16-8-4-3-5-9-16/h3-11H,2,12-15H2,1H3,(H,22,25). The summed E-state index contributed by atoms with van der Waals surface area (Å²) < 4.78 is 5.49. The first-order valence-electron chi connectivity index (χ1n) is 9.12. The lowest BCUT2D eigenvalue weighted by atomic mass is 10.1. The van der Waals surface area contributed by atoms with E-state index in [1.165, 1.54) is 5.01 Å². The van der Waals surface area contributed by atoms with Gasteiger partial charge in [-0.05, 0) is 24.6 Å². The summed E-state index contributed by atoms with van der Waals surface area (Å²) in [6, 6.07) is 17.1. The van der Waals surface area contributed by atoms with Crippen molar-refractivity contribution in [1.82, 2.24) is 5.01 Å². The molecule has 0 radical (unpaired) electrons. The largest absolute Gasteiger partial charge is 0.492 e. The Hall–Kier alpha value is -3.15.